The molecule has 2 atom stereocenters. The zero-order valence-electron chi connectivity index (χ0n) is 13.7. The van der Waals surface area contributed by atoms with E-state index in [0.717, 1.165) is 17.1 Å². The number of carbonyl (C=O) groups is 2. The second kappa shape index (κ2) is 8.92. The maximum atomic E-state index is 12.8. The standard InChI is InChI=1S/C17H23FN2O3S/c1-12-9-13(16(21)22)11-20(10-12)17(23)19-7-2-8-24-15-5-3-14(18)4-6-15/h3-6,12-13H,2,7-11H2,1H3,(H,19,23)(H,21,22). The highest BCUT2D eigenvalue weighted by molar-refractivity contribution is 7.99. The highest BCUT2D eigenvalue weighted by Crippen LogP contribution is 2.22. The lowest BCUT2D eigenvalue weighted by Gasteiger charge is -2.34. The number of urea groups is 1. The first kappa shape index (κ1) is 18.6. The maximum absolute atomic E-state index is 12.8. The van der Waals surface area contributed by atoms with Crippen molar-refractivity contribution in [3.8, 4) is 0 Å². The van der Waals surface area contributed by atoms with Gasteiger partial charge >= 0.3 is 12.0 Å². The number of carbonyl (C=O) groups excluding carboxylic acids is 1. The molecule has 0 aliphatic carbocycles. The van der Waals surface area contributed by atoms with Crippen molar-refractivity contribution in [2.24, 2.45) is 11.8 Å². The molecule has 7 heteroatoms. The number of nitrogens with one attached hydrogen (secondary N) is 1. The van der Waals surface area contributed by atoms with Gasteiger partial charge in [0.1, 0.15) is 5.82 Å². The number of amides is 2. The van der Waals surface area contributed by atoms with Crippen LogP contribution < -0.4 is 5.32 Å². The fourth-order valence-electron chi connectivity index (χ4n) is 2.80. The summed E-state index contributed by atoms with van der Waals surface area (Å²) in [6, 6.07) is 6.14. The van der Waals surface area contributed by atoms with Crippen molar-refractivity contribution in [1.29, 1.82) is 0 Å². The van der Waals surface area contributed by atoms with E-state index in [0.29, 0.717) is 19.5 Å². The molecule has 0 bridgehead atoms. The summed E-state index contributed by atoms with van der Waals surface area (Å²) in [6.07, 6.45) is 1.41. The van der Waals surface area contributed by atoms with Crippen LogP contribution in [-0.2, 0) is 4.79 Å². The molecule has 5 nitrogen and oxygen atoms in total. The summed E-state index contributed by atoms with van der Waals surface area (Å²) < 4.78 is 12.8. The molecule has 1 aromatic carbocycles. The van der Waals surface area contributed by atoms with Crippen LogP contribution in [0.25, 0.3) is 0 Å². The van der Waals surface area contributed by atoms with Gasteiger partial charge in [0.05, 0.1) is 5.92 Å². The van der Waals surface area contributed by atoms with Gasteiger partial charge in [-0.3, -0.25) is 4.79 Å². The van der Waals surface area contributed by atoms with E-state index in [1.807, 2.05) is 6.92 Å². The highest BCUT2D eigenvalue weighted by Gasteiger charge is 2.31. The smallest absolute Gasteiger partial charge is 0.317 e. The minimum absolute atomic E-state index is 0.194. The number of piperidine rings is 1. The summed E-state index contributed by atoms with van der Waals surface area (Å²) in [5.74, 6) is -0.551. The summed E-state index contributed by atoms with van der Waals surface area (Å²) in [7, 11) is 0. The summed E-state index contributed by atoms with van der Waals surface area (Å²) in [6.45, 7) is 3.38. The second-order valence-electron chi connectivity index (χ2n) is 6.17. The van der Waals surface area contributed by atoms with Gasteiger partial charge in [-0.1, -0.05) is 6.92 Å². The Morgan fingerprint density at radius 3 is 2.71 bits per heavy atom. The van der Waals surface area contributed by atoms with Crippen molar-refractivity contribution in [2.45, 2.75) is 24.7 Å². The maximum Gasteiger partial charge on any atom is 0.317 e. The normalized spacial score (nSPS) is 20.7. The lowest BCUT2D eigenvalue weighted by molar-refractivity contribution is -0.143. The Kier molecular flexibility index (Phi) is 6.90. The number of likely N-dealkylation sites (tertiary alicyclic amines) is 1. The number of hydrogen-bond donors (Lipinski definition) is 2. The van der Waals surface area contributed by atoms with E-state index in [9.17, 15) is 14.0 Å². The topological polar surface area (TPSA) is 69.6 Å². The lowest BCUT2D eigenvalue weighted by Crippen LogP contribution is -2.49. The molecule has 1 aromatic rings. The Hall–Kier alpha value is -1.76. The van der Waals surface area contributed by atoms with Crippen LogP contribution in [0.3, 0.4) is 0 Å². The number of carboxylic acids is 1. The first-order valence-electron chi connectivity index (χ1n) is 8.09. The number of hydrogen-bond acceptors (Lipinski definition) is 3. The van der Waals surface area contributed by atoms with Crippen molar-refractivity contribution >= 4 is 23.8 Å². The van der Waals surface area contributed by atoms with Crippen LogP contribution in [0.5, 0.6) is 0 Å². The number of halogens is 1. The molecular formula is C17H23FN2O3S. The average molecular weight is 354 g/mol. The van der Waals surface area contributed by atoms with Crippen molar-refractivity contribution in [3.63, 3.8) is 0 Å². The lowest BCUT2D eigenvalue weighted by atomic mass is 9.91. The number of nitrogens with zero attached hydrogens (tertiary/aromatic N) is 1. The van der Waals surface area contributed by atoms with Crippen molar-refractivity contribution < 1.29 is 19.1 Å². The Labute approximate surface area is 145 Å². The molecule has 1 aliphatic heterocycles. The molecule has 2 N–H and O–H groups in total. The molecule has 1 saturated heterocycles. The van der Waals surface area contributed by atoms with Gasteiger partial charge < -0.3 is 15.3 Å². The van der Waals surface area contributed by atoms with Crippen molar-refractivity contribution in [2.75, 3.05) is 25.4 Å². The van der Waals surface area contributed by atoms with Crippen LogP contribution in [0.2, 0.25) is 0 Å². The Balaban J connectivity index is 1.67. The molecule has 132 valence electrons. The molecule has 2 rings (SSSR count). The van der Waals surface area contributed by atoms with E-state index in [1.54, 1.807) is 28.8 Å². The van der Waals surface area contributed by atoms with Gasteiger partial charge in [0.2, 0.25) is 0 Å². The highest BCUT2D eigenvalue weighted by atomic mass is 32.2. The SMILES string of the molecule is CC1CC(C(=O)O)CN(C(=O)NCCCSc2ccc(F)cc2)C1. The first-order valence-corrected chi connectivity index (χ1v) is 9.08. The third-order valence-corrected chi connectivity index (χ3v) is 5.07. The molecule has 0 spiro atoms. The summed E-state index contributed by atoms with van der Waals surface area (Å²) in [4.78, 5) is 25.9. The first-order chi connectivity index (χ1) is 11.5. The van der Waals surface area contributed by atoms with Crippen molar-refractivity contribution in [1.82, 2.24) is 10.2 Å². The van der Waals surface area contributed by atoms with E-state index in [-0.39, 0.29) is 24.3 Å². The van der Waals surface area contributed by atoms with Crippen LogP contribution in [0.15, 0.2) is 29.2 Å². The third kappa shape index (κ3) is 5.70. The third-order valence-electron chi connectivity index (χ3n) is 3.98. The van der Waals surface area contributed by atoms with Crippen LogP contribution in [0.1, 0.15) is 19.8 Å². The van der Waals surface area contributed by atoms with Gasteiger partial charge in [-0.2, -0.15) is 0 Å². The fourth-order valence-corrected chi connectivity index (χ4v) is 3.65. The van der Waals surface area contributed by atoms with E-state index >= 15 is 0 Å². The molecule has 0 saturated carbocycles. The van der Waals surface area contributed by atoms with Gasteiger partial charge in [0.15, 0.2) is 0 Å². The zero-order chi connectivity index (χ0) is 17.5. The molecule has 1 aliphatic rings. The molecule has 1 heterocycles. The van der Waals surface area contributed by atoms with Gasteiger partial charge in [0.25, 0.3) is 0 Å². The van der Waals surface area contributed by atoms with Gasteiger partial charge in [-0.05, 0) is 48.8 Å². The predicted octanol–water partition coefficient (Wildman–Crippen LogP) is 3.06. The molecule has 0 radical (unpaired) electrons. The number of benzene rings is 1. The monoisotopic (exact) mass is 354 g/mol. The van der Waals surface area contributed by atoms with E-state index in [4.69, 9.17) is 5.11 Å². The summed E-state index contributed by atoms with van der Waals surface area (Å²) >= 11 is 1.61. The number of carboxylic acid groups (broad SMARTS) is 1. The van der Waals surface area contributed by atoms with Crippen LogP contribution in [0.4, 0.5) is 9.18 Å². The number of aliphatic carboxylic acids is 1. The molecule has 0 aromatic heterocycles. The quantitative estimate of drug-likeness (QED) is 0.608. The average Bonchev–Trinajstić information content (AvgIpc) is 2.55. The summed E-state index contributed by atoms with van der Waals surface area (Å²) in [5.41, 5.74) is 0. The molecular weight excluding hydrogens is 331 g/mol. The second-order valence-corrected chi connectivity index (χ2v) is 7.34. The van der Waals surface area contributed by atoms with Gasteiger partial charge in [-0.15, -0.1) is 11.8 Å². The minimum atomic E-state index is -0.838. The summed E-state index contributed by atoms with van der Waals surface area (Å²) in [5, 5.41) is 12.0. The minimum Gasteiger partial charge on any atom is -0.481 e. The van der Waals surface area contributed by atoms with Crippen LogP contribution in [-0.4, -0.2) is 47.4 Å². The van der Waals surface area contributed by atoms with Crippen molar-refractivity contribution in [3.05, 3.63) is 30.1 Å². The van der Waals surface area contributed by atoms with E-state index < -0.39 is 11.9 Å². The number of rotatable bonds is 6. The molecule has 24 heavy (non-hydrogen) atoms. The van der Waals surface area contributed by atoms with Gasteiger partial charge in [-0.25, -0.2) is 9.18 Å². The largest absolute Gasteiger partial charge is 0.481 e. The van der Waals surface area contributed by atoms with Gasteiger partial charge in [0, 0.05) is 24.5 Å². The van der Waals surface area contributed by atoms with E-state index in [1.165, 1.54) is 12.1 Å². The Morgan fingerprint density at radius 2 is 2.04 bits per heavy atom. The molecule has 1 fully saturated rings. The Bertz CT molecular complexity index is 567. The molecule has 2 amide bonds. The Morgan fingerprint density at radius 1 is 1.33 bits per heavy atom. The fraction of sp³-hybridized carbons (Fsp3) is 0.529. The zero-order valence-corrected chi connectivity index (χ0v) is 14.5. The number of thioether (sulfide) groups is 1. The van der Waals surface area contributed by atoms with E-state index in [2.05, 4.69) is 5.32 Å². The van der Waals surface area contributed by atoms with Crippen LogP contribution in [0, 0.1) is 17.7 Å². The van der Waals surface area contributed by atoms with Crippen LogP contribution >= 0.6 is 11.8 Å². The molecule has 2 unspecified atom stereocenters. The predicted molar refractivity (Wildman–Crippen MR) is 91.6 cm³/mol.